The van der Waals surface area contributed by atoms with Crippen molar-refractivity contribution in [3.63, 3.8) is 0 Å². The number of hydrogen-bond acceptors (Lipinski definition) is 5. The van der Waals surface area contributed by atoms with E-state index in [2.05, 4.69) is 101 Å². The van der Waals surface area contributed by atoms with Crippen LogP contribution >= 0.6 is 0 Å². The summed E-state index contributed by atoms with van der Waals surface area (Å²) in [5.41, 5.74) is 14.0. The number of hydrogen-bond donors (Lipinski definition) is 0. The molecule has 0 amide bonds. The molecular formula is C47H34N6. The van der Waals surface area contributed by atoms with Crippen LogP contribution in [0.5, 0.6) is 0 Å². The average molecular weight is 683 g/mol. The van der Waals surface area contributed by atoms with Crippen molar-refractivity contribution in [3.8, 4) is 78.9 Å². The SMILES string of the molecule is Cc1cc(-c2cc(-c3cccc(-c4c(-c5ccccc5)nc5ccccn45)c3)cc(-c3nc(-c4ccccc4)nc(-c4ccccc4)n3)c2)cc(C)n1. The van der Waals surface area contributed by atoms with Crippen LogP contribution in [0, 0.1) is 13.8 Å². The molecule has 0 unspecified atom stereocenters. The fourth-order valence-electron chi connectivity index (χ4n) is 6.94. The van der Waals surface area contributed by atoms with Gasteiger partial charge >= 0.3 is 0 Å². The molecule has 0 spiro atoms. The Kier molecular flexibility index (Phi) is 8.18. The van der Waals surface area contributed by atoms with Gasteiger partial charge in [-0.2, -0.15) is 0 Å². The van der Waals surface area contributed by atoms with Gasteiger partial charge in [0.1, 0.15) is 5.65 Å². The Morgan fingerprint density at radius 1 is 0.340 bits per heavy atom. The van der Waals surface area contributed by atoms with Crippen LogP contribution in [0.1, 0.15) is 11.4 Å². The first-order valence-electron chi connectivity index (χ1n) is 17.7. The van der Waals surface area contributed by atoms with Gasteiger partial charge in [0.2, 0.25) is 0 Å². The molecule has 6 nitrogen and oxygen atoms in total. The molecule has 0 N–H and O–H groups in total. The molecule has 0 aliphatic heterocycles. The Hall–Kier alpha value is -7.05. The maximum atomic E-state index is 5.10. The van der Waals surface area contributed by atoms with Crippen molar-refractivity contribution >= 4 is 5.65 Å². The maximum Gasteiger partial charge on any atom is 0.164 e. The molecule has 4 aromatic heterocycles. The van der Waals surface area contributed by atoms with E-state index in [4.69, 9.17) is 19.9 Å². The number of pyridine rings is 2. The zero-order valence-corrected chi connectivity index (χ0v) is 29.3. The largest absolute Gasteiger partial charge is 0.299 e. The molecule has 0 aliphatic carbocycles. The van der Waals surface area contributed by atoms with E-state index >= 15 is 0 Å². The zero-order chi connectivity index (χ0) is 35.7. The Bertz CT molecular complexity index is 2660. The minimum atomic E-state index is 0.604. The fraction of sp³-hybridized carbons (Fsp3) is 0.0426. The lowest BCUT2D eigenvalue weighted by Crippen LogP contribution is -2.00. The maximum absolute atomic E-state index is 5.10. The first-order chi connectivity index (χ1) is 26.1. The summed E-state index contributed by atoms with van der Waals surface area (Å²) in [4.78, 5) is 24.9. The third-order valence-electron chi connectivity index (χ3n) is 9.35. The lowest BCUT2D eigenvalue weighted by atomic mass is 9.94. The highest BCUT2D eigenvalue weighted by atomic mass is 15.0. The van der Waals surface area contributed by atoms with Gasteiger partial charge in [0.15, 0.2) is 17.5 Å². The Labute approximate surface area is 308 Å². The van der Waals surface area contributed by atoms with E-state index in [0.717, 1.165) is 78.5 Å². The summed E-state index contributed by atoms with van der Waals surface area (Å²) in [6, 6.07) is 56.3. The van der Waals surface area contributed by atoms with Gasteiger partial charge in [-0.3, -0.25) is 9.38 Å². The van der Waals surface area contributed by atoms with Crippen LogP contribution in [0.3, 0.4) is 0 Å². The summed E-state index contributed by atoms with van der Waals surface area (Å²) in [5, 5.41) is 0. The third-order valence-corrected chi connectivity index (χ3v) is 9.35. The second-order valence-corrected chi connectivity index (χ2v) is 13.2. The zero-order valence-electron chi connectivity index (χ0n) is 29.3. The number of rotatable bonds is 7. The summed E-state index contributed by atoms with van der Waals surface area (Å²) < 4.78 is 2.17. The number of imidazole rings is 1. The van der Waals surface area contributed by atoms with Crippen LogP contribution in [0.4, 0.5) is 0 Å². The molecule has 9 rings (SSSR count). The Morgan fingerprint density at radius 2 is 0.792 bits per heavy atom. The predicted molar refractivity (Wildman–Crippen MR) is 214 cm³/mol. The Morgan fingerprint density at radius 3 is 1.42 bits per heavy atom. The molecule has 5 aromatic carbocycles. The summed E-state index contributed by atoms with van der Waals surface area (Å²) in [6.45, 7) is 4.07. The van der Waals surface area contributed by atoms with Crippen molar-refractivity contribution in [2.24, 2.45) is 0 Å². The topological polar surface area (TPSA) is 68.9 Å². The number of fused-ring (bicyclic) bond motifs is 1. The minimum Gasteiger partial charge on any atom is -0.299 e. The third kappa shape index (κ3) is 6.39. The molecule has 252 valence electrons. The predicted octanol–water partition coefficient (Wildman–Crippen LogP) is 11.2. The molecule has 0 bridgehead atoms. The van der Waals surface area contributed by atoms with Gasteiger partial charge in [-0.1, -0.05) is 115 Å². The second-order valence-electron chi connectivity index (χ2n) is 13.2. The minimum absolute atomic E-state index is 0.604. The van der Waals surface area contributed by atoms with E-state index in [1.54, 1.807) is 0 Å². The first kappa shape index (κ1) is 31.9. The highest BCUT2D eigenvalue weighted by Crippen LogP contribution is 2.38. The van der Waals surface area contributed by atoms with Gasteiger partial charge in [0.05, 0.1) is 11.4 Å². The van der Waals surface area contributed by atoms with Gasteiger partial charge in [-0.25, -0.2) is 19.9 Å². The lowest BCUT2D eigenvalue weighted by molar-refractivity contribution is 1.07. The normalized spacial score (nSPS) is 11.2. The van der Waals surface area contributed by atoms with Crippen LogP contribution in [0.25, 0.3) is 84.6 Å². The first-order valence-corrected chi connectivity index (χ1v) is 17.7. The molecule has 53 heavy (non-hydrogen) atoms. The fourth-order valence-corrected chi connectivity index (χ4v) is 6.94. The van der Waals surface area contributed by atoms with Crippen molar-refractivity contribution in [1.29, 1.82) is 0 Å². The summed E-state index contributed by atoms with van der Waals surface area (Å²) in [5.74, 6) is 1.85. The van der Waals surface area contributed by atoms with Gasteiger partial charge in [0, 0.05) is 45.4 Å². The van der Waals surface area contributed by atoms with E-state index in [9.17, 15) is 0 Å². The van der Waals surface area contributed by atoms with E-state index in [-0.39, 0.29) is 0 Å². The number of benzene rings is 5. The van der Waals surface area contributed by atoms with Crippen LogP contribution < -0.4 is 0 Å². The molecule has 0 atom stereocenters. The van der Waals surface area contributed by atoms with Crippen LogP contribution in [0.15, 0.2) is 170 Å². The molecule has 0 saturated carbocycles. The van der Waals surface area contributed by atoms with Gasteiger partial charge in [0.25, 0.3) is 0 Å². The van der Waals surface area contributed by atoms with E-state index in [1.807, 2.05) is 92.7 Å². The summed E-state index contributed by atoms with van der Waals surface area (Å²) in [6.07, 6.45) is 2.08. The van der Waals surface area contributed by atoms with Crippen molar-refractivity contribution in [2.45, 2.75) is 13.8 Å². The highest BCUT2D eigenvalue weighted by molar-refractivity contribution is 5.86. The standard InChI is InChI=1S/C47H34N6/c1-31-25-38(26-32(2)48-31)40-28-39(29-41(30-40)47-51-45(34-17-8-4-9-18-34)50-46(52-47)35-19-10-5-11-20-35)36-21-14-22-37(27-36)44-43(33-15-6-3-7-16-33)49-42-23-12-13-24-53(42)44/h3-30H,1-2H3. The molecule has 9 aromatic rings. The highest BCUT2D eigenvalue weighted by Gasteiger charge is 2.18. The summed E-state index contributed by atoms with van der Waals surface area (Å²) >= 11 is 0. The summed E-state index contributed by atoms with van der Waals surface area (Å²) in [7, 11) is 0. The van der Waals surface area contributed by atoms with Gasteiger partial charge in [-0.15, -0.1) is 0 Å². The van der Waals surface area contributed by atoms with Crippen LogP contribution in [-0.4, -0.2) is 29.3 Å². The van der Waals surface area contributed by atoms with E-state index in [0.29, 0.717) is 17.5 Å². The van der Waals surface area contributed by atoms with E-state index in [1.165, 1.54) is 0 Å². The molecule has 0 fully saturated rings. The van der Waals surface area contributed by atoms with Crippen molar-refractivity contribution < 1.29 is 0 Å². The monoisotopic (exact) mass is 682 g/mol. The second kappa shape index (κ2) is 13.6. The van der Waals surface area contributed by atoms with Crippen LogP contribution in [-0.2, 0) is 0 Å². The molecule has 0 radical (unpaired) electrons. The average Bonchev–Trinajstić information content (AvgIpc) is 3.61. The van der Waals surface area contributed by atoms with Crippen molar-refractivity contribution in [2.75, 3.05) is 0 Å². The quantitative estimate of drug-likeness (QED) is 0.167. The van der Waals surface area contributed by atoms with Gasteiger partial charge in [-0.05, 0) is 84.6 Å². The van der Waals surface area contributed by atoms with Crippen LogP contribution in [0.2, 0.25) is 0 Å². The van der Waals surface area contributed by atoms with E-state index < -0.39 is 0 Å². The van der Waals surface area contributed by atoms with Crippen molar-refractivity contribution in [1.82, 2.24) is 29.3 Å². The lowest BCUT2D eigenvalue weighted by Gasteiger charge is -2.14. The molecule has 0 aliphatic rings. The molecule has 0 saturated heterocycles. The van der Waals surface area contributed by atoms with Gasteiger partial charge < -0.3 is 0 Å². The molecular weight excluding hydrogens is 649 g/mol. The molecule has 6 heteroatoms. The smallest absolute Gasteiger partial charge is 0.164 e. The van der Waals surface area contributed by atoms with Crippen molar-refractivity contribution in [3.05, 3.63) is 181 Å². The molecule has 4 heterocycles. The number of aryl methyl sites for hydroxylation is 2. The number of nitrogens with zero attached hydrogens (tertiary/aromatic N) is 6. The Balaban J connectivity index is 1.26. The number of aromatic nitrogens is 6.